The molecule has 178 valence electrons. The Morgan fingerprint density at radius 1 is 1.18 bits per heavy atom. The van der Waals surface area contributed by atoms with Gasteiger partial charge in [-0.05, 0) is 12.0 Å². The van der Waals surface area contributed by atoms with Crippen molar-refractivity contribution in [1.29, 1.82) is 0 Å². The zero-order valence-electron chi connectivity index (χ0n) is 19.3. The normalized spacial score (nSPS) is 18.9. The number of ether oxygens (including phenoxy) is 1. The third kappa shape index (κ3) is 4.57. The van der Waals surface area contributed by atoms with Gasteiger partial charge >= 0.3 is 0 Å². The van der Waals surface area contributed by atoms with E-state index in [2.05, 4.69) is 25.4 Å². The van der Waals surface area contributed by atoms with E-state index in [4.69, 9.17) is 4.74 Å². The van der Waals surface area contributed by atoms with Crippen molar-refractivity contribution in [3.63, 3.8) is 0 Å². The largest absolute Gasteiger partial charge is 0.379 e. The second-order valence-electron chi connectivity index (χ2n) is 8.73. The third-order valence-corrected chi connectivity index (χ3v) is 6.29. The van der Waals surface area contributed by atoms with E-state index in [9.17, 15) is 9.59 Å². The molecular weight excluding hydrogens is 436 g/mol. The van der Waals surface area contributed by atoms with E-state index < -0.39 is 11.9 Å². The predicted molar refractivity (Wildman–Crippen MR) is 123 cm³/mol. The van der Waals surface area contributed by atoms with Crippen LogP contribution < -0.4 is 10.2 Å². The van der Waals surface area contributed by atoms with Gasteiger partial charge < -0.3 is 10.1 Å². The van der Waals surface area contributed by atoms with E-state index in [0.29, 0.717) is 19.5 Å². The molecule has 1 N–H and O–H groups in total. The summed E-state index contributed by atoms with van der Waals surface area (Å²) in [5, 5.41) is 11.8. The van der Waals surface area contributed by atoms with Gasteiger partial charge in [-0.25, -0.2) is 14.3 Å². The molecule has 0 bridgehead atoms. The number of fused-ring (bicyclic) bond motifs is 1. The second kappa shape index (κ2) is 9.35. The minimum absolute atomic E-state index is 0.0413. The first-order valence-electron chi connectivity index (χ1n) is 11.3. The van der Waals surface area contributed by atoms with Gasteiger partial charge in [0.2, 0.25) is 5.82 Å². The van der Waals surface area contributed by atoms with Gasteiger partial charge in [-0.3, -0.25) is 19.4 Å². The molecule has 0 saturated carbocycles. The molecule has 11 heteroatoms. The maximum atomic E-state index is 13.1. The lowest BCUT2D eigenvalue weighted by Crippen LogP contribution is -2.51. The molecule has 2 aliphatic heterocycles. The van der Waals surface area contributed by atoms with Crippen LogP contribution in [-0.4, -0.2) is 80.7 Å². The molecule has 0 unspecified atom stereocenters. The molecule has 5 rings (SSSR count). The van der Waals surface area contributed by atoms with Crippen LogP contribution in [0.1, 0.15) is 28.3 Å². The van der Waals surface area contributed by atoms with Gasteiger partial charge in [-0.2, -0.15) is 5.10 Å². The number of carbonyl (C=O) groups is 2. The van der Waals surface area contributed by atoms with Crippen LogP contribution in [0.5, 0.6) is 0 Å². The number of hydrogen-bond donors (Lipinski definition) is 1. The first kappa shape index (κ1) is 22.2. The van der Waals surface area contributed by atoms with Crippen LogP contribution in [0.4, 0.5) is 5.82 Å². The molecule has 34 heavy (non-hydrogen) atoms. The number of methoxy groups -OCH3 is 1. The minimum Gasteiger partial charge on any atom is -0.379 e. The Bertz CT molecular complexity index is 1170. The van der Waals surface area contributed by atoms with Crippen LogP contribution in [0, 0.1) is 0 Å². The number of amides is 2. The van der Waals surface area contributed by atoms with E-state index in [1.54, 1.807) is 23.7 Å². The lowest BCUT2D eigenvalue weighted by atomic mass is 10.1. The number of likely N-dealkylation sites (tertiary alicyclic amines) is 1. The summed E-state index contributed by atoms with van der Waals surface area (Å²) in [6.07, 6.45) is 2.24. The zero-order chi connectivity index (χ0) is 23.7. The molecule has 0 radical (unpaired) electrons. The number of aryl methyl sites for hydroxylation is 1. The Labute approximate surface area is 197 Å². The van der Waals surface area contributed by atoms with E-state index in [1.165, 1.54) is 6.33 Å². The van der Waals surface area contributed by atoms with Crippen molar-refractivity contribution in [3.8, 4) is 0 Å². The quantitative estimate of drug-likeness (QED) is 0.543. The molecule has 0 spiro atoms. The van der Waals surface area contributed by atoms with Gasteiger partial charge in [-0.15, -0.1) is 5.10 Å². The van der Waals surface area contributed by atoms with E-state index in [0.717, 1.165) is 36.7 Å². The van der Waals surface area contributed by atoms with Gasteiger partial charge in [0.1, 0.15) is 18.2 Å². The van der Waals surface area contributed by atoms with Crippen LogP contribution in [-0.2, 0) is 29.2 Å². The maximum Gasteiger partial charge on any atom is 0.291 e. The van der Waals surface area contributed by atoms with Crippen molar-refractivity contribution in [1.82, 2.24) is 34.8 Å². The number of carbonyl (C=O) groups excluding carboxylic acids is 2. The van der Waals surface area contributed by atoms with Crippen molar-refractivity contribution in [2.75, 3.05) is 32.1 Å². The summed E-state index contributed by atoms with van der Waals surface area (Å²) in [6, 6.07) is 11.1. The van der Waals surface area contributed by atoms with Gasteiger partial charge in [0.25, 0.3) is 11.8 Å². The molecule has 2 aromatic heterocycles. The first-order valence-corrected chi connectivity index (χ1v) is 11.3. The number of rotatable bonds is 7. The fourth-order valence-corrected chi connectivity index (χ4v) is 4.32. The average molecular weight is 465 g/mol. The SMILES string of the molecule is COC1CN(Cc2cc3n(n2)CC[C@H](NC(=O)c2ncn(Cc4ccccc4)n2)C(=O)N3C)C1. The number of benzene rings is 1. The highest BCUT2D eigenvalue weighted by Gasteiger charge is 2.32. The average Bonchev–Trinajstić information content (AvgIpc) is 3.43. The van der Waals surface area contributed by atoms with E-state index in [1.807, 2.05) is 41.1 Å². The summed E-state index contributed by atoms with van der Waals surface area (Å²) >= 11 is 0. The minimum atomic E-state index is -0.679. The molecule has 1 aromatic carbocycles. The first-order chi connectivity index (χ1) is 16.5. The Balaban J connectivity index is 1.20. The fraction of sp³-hybridized carbons (Fsp3) is 0.435. The van der Waals surface area contributed by atoms with Crippen LogP contribution in [0.15, 0.2) is 42.7 Å². The topological polar surface area (TPSA) is 110 Å². The summed E-state index contributed by atoms with van der Waals surface area (Å²) in [5.41, 5.74) is 1.97. The van der Waals surface area contributed by atoms with E-state index >= 15 is 0 Å². The van der Waals surface area contributed by atoms with Crippen LogP contribution in [0.25, 0.3) is 0 Å². The summed E-state index contributed by atoms with van der Waals surface area (Å²) in [5.74, 6) is 0.111. The predicted octanol–water partition coefficient (Wildman–Crippen LogP) is 0.519. The third-order valence-electron chi connectivity index (χ3n) is 6.29. The molecule has 4 heterocycles. The van der Waals surface area contributed by atoms with Gasteiger partial charge in [0.05, 0.1) is 18.3 Å². The molecule has 1 fully saturated rings. The van der Waals surface area contributed by atoms with Crippen molar-refractivity contribution >= 4 is 17.6 Å². The molecule has 2 amide bonds. The van der Waals surface area contributed by atoms with Crippen molar-refractivity contribution < 1.29 is 14.3 Å². The molecule has 2 aliphatic rings. The highest BCUT2D eigenvalue weighted by Crippen LogP contribution is 2.23. The van der Waals surface area contributed by atoms with Gasteiger partial charge in [-0.1, -0.05) is 30.3 Å². The van der Waals surface area contributed by atoms with Crippen molar-refractivity contribution in [2.45, 2.75) is 38.2 Å². The fourth-order valence-electron chi connectivity index (χ4n) is 4.32. The van der Waals surface area contributed by atoms with Crippen molar-refractivity contribution in [3.05, 3.63) is 59.8 Å². The van der Waals surface area contributed by atoms with Crippen LogP contribution in [0.2, 0.25) is 0 Å². The highest BCUT2D eigenvalue weighted by atomic mass is 16.5. The molecule has 0 aliphatic carbocycles. The van der Waals surface area contributed by atoms with E-state index in [-0.39, 0.29) is 17.8 Å². The Morgan fingerprint density at radius 2 is 1.97 bits per heavy atom. The number of nitrogens with zero attached hydrogens (tertiary/aromatic N) is 7. The van der Waals surface area contributed by atoms with Crippen LogP contribution in [0.3, 0.4) is 0 Å². The standard InChI is InChI=1S/C23H28N8O3/c1-28-20-10-17(12-29-13-18(14-29)34-2)26-31(20)9-8-19(23(28)33)25-22(32)21-24-15-30(27-21)11-16-6-4-3-5-7-16/h3-7,10,15,18-19H,8-9,11-14H2,1-2H3,(H,25,32)/t19-/m0/s1. The second-order valence-corrected chi connectivity index (χ2v) is 8.73. The molecule has 3 aromatic rings. The number of nitrogens with one attached hydrogen (secondary N) is 1. The lowest BCUT2D eigenvalue weighted by molar-refractivity contribution is -0.120. The number of hydrogen-bond acceptors (Lipinski definition) is 7. The van der Waals surface area contributed by atoms with Crippen molar-refractivity contribution in [2.24, 2.45) is 0 Å². The number of aromatic nitrogens is 5. The Morgan fingerprint density at radius 3 is 2.74 bits per heavy atom. The Hall–Kier alpha value is -3.57. The van der Waals surface area contributed by atoms with Crippen LogP contribution >= 0.6 is 0 Å². The smallest absolute Gasteiger partial charge is 0.291 e. The Kier molecular flexibility index (Phi) is 6.12. The highest BCUT2D eigenvalue weighted by molar-refractivity contribution is 6.00. The number of likely N-dealkylation sites (N-methyl/N-ethyl adjacent to an activating group) is 1. The molecule has 11 nitrogen and oxygen atoms in total. The lowest BCUT2D eigenvalue weighted by Gasteiger charge is -2.37. The summed E-state index contributed by atoms with van der Waals surface area (Å²) in [7, 11) is 3.44. The monoisotopic (exact) mass is 464 g/mol. The maximum absolute atomic E-state index is 13.1. The molecular formula is C23H28N8O3. The summed E-state index contributed by atoms with van der Waals surface area (Å²) in [4.78, 5) is 33.8. The summed E-state index contributed by atoms with van der Waals surface area (Å²) < 4.78 is 8.76. The van der Waals surface area contributed by atoms with Gasteiger partial charge in [0, 0.05) is 46.4 Å². The molecule has 1 atom stereocenters. The molecule has 1 saturated heterocycles. The zero-order valence-corrected chi connectivity index (χ0v) is 19.3. The van der Waals surface area contributed by atoms with Gasteiger partial charge in [0.15, 0.2) is 0 Å². The number of anilines is 1. The summed E-state index contributed by atoms with van der Waals surface area (Å²) in [6.45, 7) is 3.53.